The minimum atomic E-state index is -0.944. The van der Waals surface area contributed by atoms with Gasteiger partial charge in [-0.2, -0.15) is 0 Å². The molecule has 0 amide bonds. The van der Waals surface area contributed by atoms with E-state index in [1.165, 1.54) is 5.57 Å². The van der Waals surface area contributed by atoms with E-state index >= 15 is 0 Å². The normalized spacial score (nSPS) is 25.9. The average Bonchev–Trinajstić information content (AvgIpc) is 2.84. The summed E-state index contributed by atoms with van der Waals surface area (Å²) in [5, 5.41) is 8.74. The highest BCUT2D eigenvalue weighted by Crippen LogP contribution is 2.42. The molecule has 116 valence electrons. The van der Waals surface area contributed by atoms with Gasteiger partial charge < -0.3 is 15.7 Å². The van der Waals surface area contributed by atoms with Crippen LogP contribution in [0.2, 0.25) is 0 Å². The SMILES string of the molecule is CC1CCC2C(C=O)=CN(CCCCC(N)C(=O)O)C=C12. The predicted molar refractivity (Wildman–Crippen MR) is 80.3 cm³/mol. The molecule has 0 spiro atoms. The summed E-state index contributed by atoms with van der Waals surface area (Å²) in [6, 6.07) is -0.773. The number of nitrogens with two attached hydrogens (primary N) is 1. The van der Waals surface area contributed by atoms with Gasteiger partial charge in [-0.25, -0.2) is 0 Å². The van der Waals surface area contributed by atoms with Crippen molar-refractivity contribution in [1.82, 2.24) is 4.90 Å². The minimum Gasteiger partial charge on any atom is -0.480 e. The fourth-order valence-corrected chi connectivity index (χ4v) is 3.20. The lowest BCUT2D eigenvalue weighted by molar-refractivity contribution is -0.138. The molecule has 0 radical (unpaired) electrons. The number of carboxylic acids is 1. The topological polar surface area (TPSA) is 83.6 Å². The number of aldehydes is 1. The molecule has 0 aromatic carbocycles. The van der Waals surface area contributed by atoms with Crippen molar-refractivity contribution in [2.45, 2.75) is 45.1 Å². The first-order chi connectivity index (χ1) is 10.0. The smallest absolute Gasteiger partial charge is 0.320 e. The van der Waals surface area contributed by atoms with E-state index in [4.69, 9.17) is 10.8 Å². The molecule has 0 aromatic heterocycles. The molecule has 3 unspecified atom stereocenters. The Morgan fingerprint density at radius 3 is 2.90 bits per heavy atom. The molecule has 2 rings (SSSR count). The van der Waals surface area contributed by atoms with E-state index in [1.807, 2.05) is 6.20 Å². The molecular formula is C16H24N2O3. The maximum Gasteiger partial charge on any atom is 0.320 e. The van der Waals surface area contributed by atoms with Crippen molar-refractivity contribution in [3.63, 3.8) is 0 Å². The van der Waals surface area contributed by atoms with E-state index in [9.17, 15) is 9.59 Å². The quantitative estimate of drug-likeness (QED) is 0.553. The molecule has 1 aliphatic carbocycles. The lowest BCUT2D eigenvalue weighted by Crippen LogP contribution is -2.30. The molecule has 2 aliphatic rings. The molecule has 3 N–H and O–H groups in total. The van der Waals surface area contributed by atoms with Crippen LogP contribution >= 0.6 is 0 Å². The second-order valence-corrected chi connectivity index (χ2v) is 6.09. The monoisotopic (exact) mass is 292 g/mol. The van der Waals surface area contributed by atoms with Gasteiger partial charge in [-0.1, -0.05) is 6.92 Å². The summed E-state index contributed by atoms with van der Waals surface area (Å²) in [5.74, 6) is -0.0865. The summed E-state index contributed by atoms with van der Waals surface area (Å²) < 4.78 is 0. The van der Waals surface area contributed by atoms with Gasteiger partial charge in [-0.15, -0.1) is 0 Å². The van der Waals surface area contributed by atoms with Gasteiger partial charge >= 0.3 is 5.97 Å². The van der Waals surface area contributed by atoms with Gasteiger partial charge in [0.15, 0.2) is 0 Å². The lowest BCUT2D eigenvalue weighted by Gasteiger charge is -2.27. The fraction of sp³-hybridized carbons (Fsp3) is 0.625. The van der Waals surface area contributed by atoms with Gasteiger partial charge in [0.1, 0.15) is 12.3 Å². The number of unbranched alkanes of at least 4 members (excludes halogenated alkanes) is 1. The molecule has 5 nitrogen and oxygen atoms in total. The zero-order valence-corrected chi connectivity index (χ0v) is 12.5. The van der Waals surface area contributed by atoms with Crippen LogP contribution in [0.4, 0.5) is 0 Å². The number of hydrogen-bond acceptors (Lipinski definition) is 4. The third-order valence-corrected chi connectivity index (χ3v) is 4.53. The third kappa shape index (κ3) is 3.73. The molecule has 1 fully saturated rings. The first-order valence-electron chi connectivity index (χ1n) is 7.65. The van der Waals surface area contributed by atoms with E-state index in [0.717, 1.165) is 44.1 Å². The number of carbonyl (C=O) groups is 2. The second-order valence-electron chi connectivity index (χ2n) is 6.09. The maximum absolute atomic E-state index is 11.2. The number of fused-ring (bicyclic) bond motifs is 1. The number of carboxylic acid groups (broad SMARTS) is 1. The molecule has 3 atom stereocenters. The molecule has 1 heterocycles. The summed E-state index contributed by atoms with van der Waals surface area (Å²) in [4.78, 5) is 24.0. The second kappa shape index (κ2) is 6.89. The largest absolute Gasteiger partial charge is 0.480 e. The predicted octanol–water partition coefficient (Wildman–Crippen LogP) is 1.90. The van der Waals surface area contributed by atoms with Gasteiger partial charge in [0.25, 0.3) is 0 Å². The summed E-state index contributed by atoms with van der Waals surface area (Å²) in [5.41, 5.74) is 7.72. The van der Waals surface area contributed by atoms with E-state index < -0.39 is 12.0 Å². The average molecular weight is 292 g/mol. The van der Waals surface area contributed by atoms with E-state index in [1.54, 1.807) is 0 Å². The van der Waals surface area contributed by atoms with Crippen LogP contribution in [0.25, 0.3) is 0 Å². The molecule has 0 aromatic rings. The Bertz CT molecular complexity index is 470. The number of aliphatic carboxylic acids is 1. The molecule has 5 heteroatoms. The van der Waals surface area contributed by atoms with Crippen LogP contribution in [-0.4, -0.2) is 34.8 Å². The van der Waals surface area contributed by atoms with Crippen LogP contribution in [0, 0.1) is 11.8 Å². The Morgan fingerprint density at radius 2 is 2.24 bits per heavy atom. The summed E-state index contributed by atoms with van der Waals surface area (Å²) in [7, 11) is 0. The van der Waals surface area contributed by atoms with Crippen LogP contribution in [0.1, 0.15) is 39.0 Å². The Balaban J connectivity index is 1.87. The number of nitrogens with zero attached hydrogens (tertiary/aromatic N) is 1. The van der Waals surface area contributed by atoms with E-state index in [2.05, 4.69) is 18.0 Å². The van der Waals surface area contributed by atoms with Crippen molar-refractivity contribution in [3.05, 3.63) is 23.5 Å². The van der Waals surface area contributed by atoms with Crippen molar-refractivity contribution in [1.29, 1.82) is 0 Å². The molecule has 21 heavy (non-hydrogen) atoms. The molecule has 1 saturated carbocycles. The van der Waals surface area contributed by atoms with Crippen molar-refractivity contribution in [2.24, 2.45) is 17.6 Å². The van der Waals surface area contributed by atoms with Crippen molar-refractivity contribution in [2.75, 3.05) is 6.54 Å². The zero-order valence-electron chi connectivity index (χ0n) is 12.5. The third-order valence-electron chi connectivity index (χ3n) is 4.53. The summed E-state index contributed by atoms with van der Waals surface area (Å²) in [6.45, 7) is 3.01. The van der Waals surface area contributed by atoms with Crippen LogP contribution in [0.15, 0.2) is 23.5 Å². The van der Waals surface area contributed by atoms with Crippen molar-refractivity contribution >= 4 is 12.3 Å². The minimum absolute atomic E-state index is 0.314. The summed E-state index contributed by atoms with van der Waals surface area (Å²) >= 11 is 0. The van der Waals surface area contributed by atoms with Gasteiger partial charge in [0.05, 0.1) is 0 Å². The maximum atomic E-state index is 11.2. The Morgan fingerprint density at radius 1 is 1.48 bits per heavy atom. The first-order valence-corrected chi connectivity index (χ1v) is 7.65. The van der Waals surface area contributed by atoms with Gasteiger partial charge in [-0.05, 0) is 43.6 Å². The van der Waals surface area contributed by atoms with E-state index in [-0.39, 0.29) is 0 Å². The van der Waals surface area contributed by atoms with Crippen LogP contribution < -0.4 is 5.73 Å². The number of allylic oxidation sites excluding steroid dienone is 2. The van der Waals surface area contributed by atoms with Crippen LogP contribution in [0.5, 0.6) is 0 Å². The highest BCUT2D eigenvalue weighted by atomic mass is 16.4. The van der Waals surface area contributed by atoms with Crippen LogP contribution in [0.3, 0.4) is 0 Å². The fourth-order valence-electron chi connectivity index (χ4n) is 3.20. The Kier molecular flexibility index (Phi) is 5.17. The van der Waals surface area contributed by atoms with E-state index in [0.29, 0.717) is 18.3 Å². The van der Waals surface area contributed by atoms with Crippen LogP contribution in [-0.2, 0) is 9.59 Å². The molecule has 0 bridgehead atoms. The number of rotatable bonds is 7. The summed E-state index contributed by atoms with van der Waals surface area (Å²) in [6.07, 6.45) is 9.43. The Hall–Kier alpha value is -1.62. The standard InChI is InChI=1S/C16H24N2O3/c1-11-5-6-13-12(10-19)8-18(9-14(11)13)7-3-2-4-15(17)16(20)21/h8-11,13,15H,2-7,17H2,1H3,(H,20,21). The number of carbonyl (C=O) groups excluding carboxylic acids is 1. The highest BCUT2D eigenvalue weighted by molar-refractivity contribution is 5.76. The van der Waals surface area contributed by atoms with Gasteiger partial charge in [0.2, 0.25) is 0 Å². The number of hydrogen-bond donors (Lipinski definition) is 2. The molecular weight excluding hydrogens is 268 g/mol. The van der Waals surface area contributed by atoms with Crippen molar-refractivity contribution in [3.8, 4) is 0 Å². The first kappa shape index (κ1) is 15.8. The lowest BCUT2D eigenvalue weighted by atomic mass is 9.90. The van der Waals surface area contributed by atoms with Gasteiger partial charge in [-0.3, -0.25) is 9.59 Å². The van der Waals surface area contributed by atoms with Crippen molar-refractivity contribution < 1.29 is 14.7 Å². The van der Waals surface area contributed by atoms with Gasteiger partial charge in [0, 0.05) is 30.4 Å². The zero-order chi connectivity index (χ0) is 15.4. The molecule has 1 aliphatic heterocycles. The Labute approximate surface area is 125 Å². The highest BCUT2D eigenvalue weighted by Gasteiger charge is 2.32. The molecule has 0 saturated heterocycles.